The summed E-state index contributed by atoms with van der Waals surface area (Å²) < 4.78 is 6.09. The number of carbonyl (C=O) groups is 2. The number of anilines is 2. The van der Waals surface area contributed by atoms with Crippen LogP contribution in [-0.4, -0.2) is 23.3 Å². The largest absolute Gasteiger partial charge is 0.459 e. The number of furan rings is 1. The van der Waals surface area contributed by atoms with Gasteiger partial charge in [0.25, 0.3) is 5.91 Å². The van der Waals surface area contributed by atoms with Crippen molar-refractivity contribution < 1.29 is 14.0 Å². The Morgan fingerprint density at radius 3 is 2.57 bits per heavy atom. The summed E-state index contributed by atoms with van der Waals surface area (Å²) in [7, 11) is 0. The molecule has 0 aliphatic carbocycles. The number of thiazole rings is 1. The minimum absolute atomic E-state index is 0.137. The van der Waals surface area contributed by atoms with Gasteiger partial charge in [-0.05, 0) is 48.4 Å². The molecule has 0 fully saturated rings. The van der Waals surface area contributed by atoms with Crippen molar-refractivity contribution >= 4 is 44.2 Å². The van der Waals surface area contributed by atoms with E-state index in [0.717, 1.165) is 22.3 Å². The second kappa shape index (κ2) is 8.92. The number of carbonyl (C=O) groups excluding carboxylic acids is 2. The van der Waals surface area contributed by atoms with Gasteiger partial charge in [0.1, 0.15) is 0 Å². The minimum Gasteiger partial charge on any atom is -0.459 e. The van der Waals surface area contributed by atoms with Crippen LogP contribution in [0.3, 0.4) is 0 Å². The van der Waals surface area contributed by atoms with E-state index in [4.69, 9.17) is 4.42 Å². The zero-order valence-electron chi connectivity index (χ0n) is 16.5. The maximum atomic E-state index is 13.2. The van der Waals surface area contributed by atoms with Gasteiger partial charge in [-0.2, -0.15) is 0 Å². The predicted molar refractivity (Wildman–Crippen MR) is 118 cm³/mol. The van der Waals surface area contributed by atoms with E-state index in [-0.39, 0.29) is 30.5 Å². The van der Waals surface area contributed by atoms with Crippen LogP contribution in [-0.2, 0) is 11.2 Å². The Labute approximate surface area is 178 Å². The molecular weight excluding hydrogens is 398 g/mol. The second-order valence-corrected chi connectivity index (χ2v) is 7.71. The number of hydrogen-bond acceptors (Lipinski definition) is 5. The molecule has 0 aliphatic rings. The molecule has 2 aromatic heterocycles. The Bertz CT molecular complexity index is 1120. The van der Waals surface area contributed by atoms with Gasteiger partial charge in [-0.15, -0.1) is 0 Å². The maximum Gasteiger partial charge on any atom is 0.286 e. The van der Waals surface area contributed by atoms with Crippen LogP contribution in [0.4, 0.5) is 10.8 Å². The highest BCUT2D eigenvalue weighted by Gasteiger charge is 2.22. The summed E-state index contributed by atoms with van der Waals surface area (Å²) in [4.78, 5) is 31.5. The van der Waals surface area contributed by atoms with Crippen LogP contribution in [0.2, 0.25) is 0 Å². The summed E-state index contributed by atoms with van der Waals surface area (Å²) >= 11 is 1.47. The van der Waals surface area contributed by atoms with Crippen LogP contribution in [0.1, 0.15) is 29.5 Å². The van der Waals surface area contributed by atoms with Crippen molar-refractivity contribution in [2.75, 3.05) is 11.4 Å². The van der Waals surface area contributed by atoms with Crippen molar-refractivity contribution in [3.63, 3.8) is 0 Å². The number of hydrogen-bond donors (Lipinski definition) is 1. The van der Waals surface area contributed by atoms with Gasteiger partial charge < -0.3 is 9.73 Å². The lowest BCUT2D eigenvalue weighted by atomic mass is 10.1. The normalized spacial score (nSPS) is 10.8. The quantitative estimate of drug-likeness (QED) is 0.461. The van der Waals surface area contributed by atoms with E-state index in [1.807, 2.05) is 48.5 Å². The number of aromatic nitrogens is 1. The van der Waals surface area contributed by atoms with Gasteiger partial charge >= 0.3 is 0 Å². The predicted octanol–water partition coefficient (Wildman–Crippen LogP) is 4.94. The number of benzene rings is 2. The fourth-order valence-corrected chi connectivity index (χ4v) is 4.09. The fourth-order valence-electron chi connectivity index (χ4n) is 3.09. The molecule has 0 radical (unpaired) electrons. The second-order valence-electron chi connectivity index (χ2n) is 6.70. The van der Waals surface area contributed by atoms with Crippen LogP contribution in [0, 0.1) is 0 Å². The van der Waals surface area contributed by atoms with Gasteiger partial charge in [-0.1, -0.05) is 42.5 Å². The molecule has 2 amide bonds. The lowest BCUT2D eigenvalue weighted by Crippen LogP contribution is -2.31. The smallest absolute Gasteiger partial charge is 0.286 e. The Balaban J connectivity index is 1.55. The monoisotopic (exact) mass is 419 g/mol. The maximum absolute atomic E-state index is 13.2. The average Bonchev–Trinajstić information content (AvgIpc) is 3.44. The lowest BCUT2D eigenvalue weighted by molar-refractivity contribution is -0.117. The van der Waals surface area contributed by atoms with Crippen molar-refractivity contribution in [3.8, 4) is 0 Å². The van der Waals surface area contributed by atoms with Crippen molar-refractivity contribution in [1.82, 2.24) is 10.3 Å². The number of amides is 2. The van der Waals surface area contributed by atoms with Gasteiger partial charge in [0.15, 0.2) is 10.9 Å². The molecule has 0 saturated heterocycles. The van der Waals surface area contributed by atoms with E-state index in [1.54, 1.807) is 17.0 Å². The summed E-state index contributed by atoms with van der Waals surface area (Å²) in [6, 6.07) is 18.9. The molecule has 30 heavy (non-hydrogen) atoms. The van der Waals surface area contributed by atoms with Crippen molar-refractivity contribution in [2.24, 2.45) is 0 Å². The highest BCUT2D eigenvalue weighted by Crippen LogP contribution is 2.34. The van der Waals surface area contributed by atoms with E-state index < -0.39 is 0 Å². The molecule has 4 aromatic rings. The number of nitrogens with one attached hydrogen (secondary N) is 1. The van der Waals surface area contributed by atoms with Crippen molar-refractivity contribution in [1.29, 1.82) is 0 Å². The SMILES string of the molecule is CCc1ccc(N(C(=O)CCNC(=O)c2ccco2)c2nc3ccccc3s2)cc1. The van der Waals surface area contributed by atoms with Crippen LogP contribution >= 0.6 is 11.3 Å². The van der Waals surface area contributed by atoms with Crippen LogP contribution in [0.5, 0.6) is 0 Å². The zero-order chi connectivity index (χ0) is 20.9. The summed E-state index contributed by atoms with van der Waals surface area (Å²) in [6.07, 6.45) is 2.50. The van der Waals surface area contributed by atoms with E-state index in [0.29, 0.717) is 5.13 Å². The molecule has 2 heterocycles. The molecule has 0 spiro atoms. The first-order valence-electron chi connectivity index (χ1n) is 9.75. The summed E-state index contributed by atoms with van der Waals surface area (Å²) in [5.41, 5.74) is 2.81. The van der Waals surface area contributed by atoms with Crippen molar-refractivity contribution in [2.45, 2.75) is 19.8 Å². The molecule has 152 valence electrons. The van der Waals surface area contributed by atoms with E-state index >= 15 is 0 Å². The first-order chi connectivity index (χ1) is 14.7. The number of nitrogens with zero attached hydrogens (tertiary/aromatic N) is 2. The minimum atomic E-state index is -0.341. The van der Waals surface area contributed by atoms with Gasteiger partial charge in [-0.25, -0.2) is 4.98 Å². The van der Waals surface area contributed by atoms with Gasteiger partial charge in [0.05, 0.1) is 22.2 Å². The third-order valence-corrected chi connectivity index (χ3v) is 5.72. The Morgan fingerprint density at radius 2 is 1.87 bits per heavy atom. The Morgan fingerprint density at radius 1 is 1.07 bits per heavy atom. The topological polar surface area (TPSA) is 75.4 Å². The van der Waals surface area contributed by atoms with Gasteiger partial charge in [-0.3, -0.25) is 14.5 Å². The van der Waals surface area contributed by atoms with Crippen LogP contribution in [0.15, 0.2) is 71.3 Å². The molecule has 0 saturated carbocycles. The fraction of sp³-hybridized carbons (Fsp3) is 0.174. The average molecular weight is 420 g/mol. The van der Waals surface area contributed by atoms with E-state index in [9.17, 15) is 9.59 Å². The lowest BCUT2D eigenvalue weighted by Gasteiger charge is -2.20. The Kier molecular flexibility index (Phi) is 5.90. The third kappa shape index (κ3) is 4.26. The number of fused-ring (bicyclic) bond motifs is 1. The number of para-hydroxylation sites is 1. The highest BCUT2D eigenvalue weighted by atomic mass is 32.1. The number of aryl methyl sites for hydroxylation is 1. The first-order valence-corrected chi connectivity index (χ1v) is 10.6. The summed E-state index contributed by atoms with van der Waals surface area (Å²) in [5, 5.41) is 3.34. The van der Waals surface area contributed by atoms with Crippen LogP contribution in [0.25, 0.3) is 10.2 Å². The Hall–Kier alpha value is -3.45. The summed E-state index contributed by atoms with van der Waals surface area (Å²) in [6.45, 7) is 2.29. The molecule has 4 rings (SSSR count). The first kappa shape index (κ1) is 19.8. The standard InChI is InChI=1S/C23H21N3O3S/c1-2-16-9-11-17(12-10-16)26(23-25-18-6-3-4-8-20(18)30-23)21(27)13-14-24-22(28)19-7-5-15-29-19/h3-12,15H,2,13-14H2,1H3,(H,24,28). The highest BCUT2D eigenvalue weighted by molar-refractivity contribution is 7.22. The molecule has 0 aliphatic heterocycles. The van der Waals surface area contributed by atoms with Gasteiger partial charge in [0.2, 0.25) is 5.91 Å². The molecule has 2 aromatic carbocycles. The van der Waals surface area contributed by atoms with Crippen molar-refractivity contribution in [3.05, 3.63) is 78.3 Å². The molecular formula is C23H21N3O3S. The van der Waals surface area contributed by atoms with E-state index in [1.165, 1.54) is 23.2 Å². The molecule has 0 atom stereocenters. The molecule has 7 heteroatoms. The summed E-state index contributed by atoms with van der Waals surface area (Å²) in [5.74, 6) is -0.259. The van der Waals surface area contributed by atoms with E-state index in [2.05, 4.69) is 17.2 Å². The zero-order valence-corrected chi connectivity index (χ0v) is 17.3. The molecule has 0 bridgehead atoms. The number of rotatable bonds is 7. The van der Waals surface area contributed by atoms with Crippen LogP contribution < -0.4 is 10.2 Å². The molecule has 0 unspecified atom stereocenters. The third-order valence-electron chi connectivity index (χ3n) is 4.70. The molecule has 1 N–H and O–H groups in total. The van der Waals surface area contributed by atoms with Gasteiger partial charge in [0, 0.05) is 13.0 Å². The molecule has 6 nitrogen and oxygen atoms in total.